The van der Waals surface area contributed by atoms with Gasteiger partial charge in [0.25, 0.3) is 5.91 Å². The first kappa shape index (κ1) is 15.3. The number of aromatic nitrogens is 1. The maximum Gasteiger partial charge on any atom is 0.250 e. The number of rotatable bonds is 4. The molecule has 1 amide bonds. The summed E-state index contributed by atoms with van der Waals surface area (Å²) in [7, 11) is 0. The zero-order valence-corrected chi connectivity index (χ0v) is 13.4. The minimum Gasteiger partial charge on any atom is -0.316 e. The standard InChI is InChI=1S/C14H17FN2OS2/c1-9(2)13(18)16-14-17(6-7-19-3)11-5-4-10(15)8-12(11)20-14/h4-5,8-9H,6-7H2,1-3H3. The van der Waals surface area contributed by atoms with Crippen molar-refractivity contribution in [1.29, 1.82) is 0 Å². The summed E-state index contributed by atoms with van der Waals surface area (Å²) in [6, 6.07) is 4.69. The number of fused-ring (bicyclic) bond motifs is 1. The summed E-state index contributed by atoms with van der Waals surface area (Å²) in [4.78, 5) is 16.7. The summed E-state index contributed by atoms with van der Waals surface area (Å²) < 4.78 is 16.1. The predicted molar refractivity (Wildman–Crippen MR) is 83.6 cm³/mol. The number of amides is 1. The smallest absolute Gasteiger partial charge is 0.250 e. The molecule has 0 radical (unpaired) electrons. The van der Waals surface area contributed by atoms with Crippen molar-refractivity contribution in [2.75, 3.05) is 12.0 Å². The van der Waals surface area contributed by atoms with Crippen LogP contribution < -0.4 is 4.80 Å². The van der Waals surface area contributed by atoms with Gasteiger partial charge in [0.05, 0.1) is 10.2 Å². The van der Waals surface area contributed by atoms with Crippen LogP contribution in [-0.4, -0.2) is 22.5 Å². The number of thioether (sulfide) groups is 1. The van der Waals surface area contributed by atoms with Gasteiger partial charge in [0.15, 0.2) is 4.80 Å². The minimum atomic E-state index is -0.266. The topological polar surface area (TPSA) is 34.4 Å². The molecule has 1 aromatic carbocycles. The minimum absolute atomic E-state index is 0.133. The fourth-order valence-corrected chi connectivity index (χ4v) is 3.21. The van der Waals surface area contributed by atoms with Crippen LogP contribution in [0.5, 0.6) is 0 Å². The number of halogens is 1. The van der Waals surface area contributed by atoms with Crippen LogP contribution in [0.25, 0.3) is 10.2 Å². The third-order valence-electron chi connectivity index (χ3n) is 2.86. The Morgan fingerprint density at radius 1 is 1.50 bits per heavy atom. The molecule has 108 valence electrons. The van der Waals surface area contributed by atoms with Crippen molar-refractivity contribution < 1.29 is 9.18 Å². The van der Waals surface area contributed by atoms with Gasteiger partial charge < -0.3 is 4.57 Å². The first-order valence-electron chi connectivity index (χ1n) is 6.39. The van der Waals surface area contributed by atoms with Crippen molar-refractivity contribution in [1.82, 2.24) is 4.57 Å². The number of nitrogens with zero attached hydrogens (tertiary/aromatic N) is 2. The van der Waals surface area contributed by atoms with Gasteiger partial charge in [0.2, 0.25) is 0 Å². The highest BCUT2D eigenvalue weighted by atomic mass is 32.2. The monoisotopic (exact) mass is 312 g/mol. The van der Waals surface area contributed by atoms with E-state index in [0.29, 0.717) is 4.80 Å². The Morgan fingerprint density at radius 3 is 2.90 bits per heavy atom. The van der Waals surface area contributed by atoms with Crippen LogP contribution in [0.3, 0.4) is 0 Å². The first-order chi connectivity index (χ1) is 9.52. The van der Waals surface area contributed by atoms with Gasteiger partial charge in [-0.1, -0.05) is 25.2 Å². The highest BCUT2D eigenvalue weighted by molar-refractivity contribution is 7.98. The summed E-state index contributed by atoms with van der Waals surface area (Å²) >= 11 is 3.09. The lowest BCUT2D eigenvalue weighted by Gasteiger charge is -2.04. The molecule has 20 heavy (non-hydrogen) atoms. The molecule has 0 aliphatic carbocycles. The number of hydrogen-bond donors (Lipinski definition) is 0. The lowest BCUT2D eigenvalue weighted by atomic mass is 10.2. The van der Waals surface area contributed by atoms with E-state index in [1.54, 1.807) is 17.8 Å². The lowest BCUT2D eigenvalue weighted by molar-refractivity contribution is -0.120. The highest BCUT2D eigenvalue weighted by Crippen LogP contribution is 2.19. The quantitative estimate of drug-likeness (QED) is 0.868. The largest absolute Gasteiger partial charge is 0.316 e. The molecule has 0 aliphatic heterocycles. The van der Waals surface area contributed by atoms with Crippen molar-refractivity contribution in [3.05, 3.63) is 28.8 Å². The number of thiazole rings is 1. The summed E-state index contributed by atoms with van der Waals surface area (Å²) in [6.07, 6.45) is 2.03. The van der Waals surface area contributed by atoms with Crippen LogP contribution in [-0.2, 0) is 11.3 Å². The van der Waals surface area contributed by atoms with Crippen LogP contribution in [0, 0.1) is 11.7 Å². The van der Waals surface area contributed by atoms with Gasteiger partial charge in [-0.3, -0.25) is 4.79 Å². The molecule has 0 saturated heterocycles. The Morgan fingerprint density at radius 2 is 2.25 bits per heavy atom. The molecule has 3 nitrogen and oxygen atoms in total. The molecule has 2 aromatic rings. The van der Waals surface area contributed by atoms with E-state index in [4.69, 9.17) is 0 Å². The van der Waals surface area contributed by atoms with Crippen molar-refractivity contribution in [2.45, 2.75) is 20.4 Å². The molecule has 0 saturated carbocycles. The van der Waals surface area contributed by atoms with Gasteiger partial charge in [-0.25, -0.2) is 4.39 Å². The van der Waals surface area contributed by atoms with Crippen LogP contribution in [0.15, 0.2) is 23.2 Å². The number of carbonyl (C=O) groups is 1. The Kier molecular flexibility index (Phi) is 4.99. The first-order valence-corrected chi connectivity index (χ1v) is 8.60. The van der Waals surface area contributed by atoms with Crippen LogP contribution in [0.4, 0.5) is 4.39 Å². The molecule has 1 heterocycles. The molecular weight excluding hydrogens is 295 g/mol. The molecule has 0 aliphatic rings. The maximum absolute atomic E-state index is 13.3. The average Bonchev–Trinajstić information content (AvgIpc) is 2.72. The zero-order chi connectivity index (χ0) is 14.7. The number of aryl methyl sites for hydroxylation is 1. The molecule has 2 rings (SSSR count). The summed E-state index contributed by atoms with van der Waals surface area (Å²) in [5.74, 6) is 0.380. The normalized spacial score (nSPS) is 12.6. The molecule has 0 fully saturated rings. The fraction of sp³-hybridized carbons (Fsp3) is 0.429. The second-order valence-electron chi connectivity index (χ2n) is 4.75. The Balaban J connectivity index is 2.59. The summed E-state index contributed by atoms with van der Waals surface area (Å²) in [5.41, 5.74) is 0.931. The molecule has 6 heteroatoms. The van der Waals surface area contributed by atoms with E-state index in [0.717, 1.165) is 22.5 Å². The molecular formula is C14H17FN2OS2. The van der Waals surface area contributed by atoms with E-state index < -0.39 is 0 Å². The van der Waals surface area contributed by atoms with E-state index in [1.807, 2.05) is 24.7 Å². The molecule has 0 bridgehead atoms. The predicted octanol–water partition coefficient (Wildman–Crippen LogP) is 3.29. The molecule has 0 N–H and O–H groups in total. The molecule has 1 aromatic heterocycles. The van der Waals surface area contributed by atoms with Crippen LogP contribution >= 0.6 is 23.1 Å². The average molecular weight is 312 g/mol. The number of benzene rings is 1. The van der Waals surface area contributed by atoms with E-state index in [1.165, 1.54) is 23.5 Å². The van der Waals surface area contributed by atoms with Crippen molar-refractivity contribution >= 4 is 39.2 Å². The second kappa shape index (κ2) is 6.54. The number of carbonyl (C=O) groups excluding carboxylic acids is 1. The SMILES string of the molecule is CSCCn1c(=NC(=O)C(C)C)sc2cc(F)ccc21. The van der Waals surface area contributed by atoms with Crippen molar-refractivity contribution in [3.63, 3.8) is 0 Å². The van der Waals surface area contributed by atoms with E-state index in [2.05, 4.69) is 4.99 Å². The van der Waals surface area contributed by atoms with Gasteiger partial charge in [-0.05, 0) is 24.5 Å². The zero-order valence-electron chi connectivity index (χ0n) is 11.7. The Labute approximate surface area is 125 Å². The summed E-state index contributed by atoms with van der Waals surface area (Å²) in [6.45, 7) is 4.41. The fourth-order valence-electron chi connectivity index (χ4n) is 1.75. The summed E-state index contributed by atoms with van der Waals surface area (Å²) in [5, 5.41) is 0. The van der Waals surface area contributed by atoms with Gasteiger partial charge in [-0.2, -0.15) is 16.8 Å². The van der Waals surface area contributed by atoms with Crippen LogP contribution in [0.1, 0.15) is 13.8 Å². The van der Waals surface area contributed by atoms with E-state index in [9.17, 15) is 9.18 Å². The second-order valence-corrected chi connectivity index (χ2v) is 6.74. The highest BCUT2D eigenvalue weighted by Gasteiger charge is 2.10. The van der Waals surface area contributed by atoms with Crippen molar-refractivity contribution in [3.8, 4) is 0 Å². The lowest BCUT2D eigenvalue weighted by Crippen LogP contribution is -2.19. The third kappa shape index (κ3) is 3.30. The Bertz CT molecular complexity index is 688. The van der Waals surface area contributed by atoms with Gasteiger partial charge in [0.1, 0.15) is 5.82 Å². The van der Waals surface area contributed by atoms with Crippen molar-refractivity contribution in [2.24, 2.45) is 10.9 Å². The Hall–Kier alpha value is -1.14. The molecule has 0 spiro atoms. The van der Waals surface area contributed by atoms with Gasteiger partial charge in [-0.15, -0.1) is 0 Å². The maximum atomic E-state index is 13.3. The van der Waals surface area contributed by atoms with E-state index >= 15 is 0 Å². The molecule has 0 atom stereocenters. The van der Waals surface area contributed by atoms with Gasteiger partial charge in [0, 0.05) is 18.2 Å². The third-order valence-corrected chi connectivity index (χ3v) is 4.50. The number of hydrogen-bond acceptors (Lipinski definition) is 3. The van der Waals surface area contributed by atoms with Gasteiger partial charge >= 0.3 is 0 Å². The van der Waals surface area contributed by atoms with E-state index in [-0.39, 0.29) is 17.6 Å². The van der Waals surface area contributed by atoms with Crippen LogP contribution in [0.2, 0.25) is 0 Å². The molecule has 0 unspecified atom stereocenters.